The zero-order chi connectivity index (χ0) is 9.14. The van der Waals surface area contributed by atoms with Crippen molar-refractivity contribution < 1.29 is 0 Å². The highest BCUT2D eigenvalue weighted by molar-refractivity contribution is 9.11. The van der Waals surface area contributed by atoms with E-state index in [-0.39, 0.29) is 0 Å². The van der Waals surface area contributed by atoms with Crippen molar-refractivity contribution in [2.75, 3.05) is 19.5 Å². The van der Waals surface area contributed by atoms with Gasteiger partial charge in [-0.05, 0) is 37.9 Å². The van der Waals surface area contributed by atoms with Crippen LogP contribution in [0.5, 0.6) is 0 Å². The maximum atomic E-state index is 4.17. The second kappa shape index (κ2) is 4.20. The van der Waals surface area contributed by atoms with E-state index in [0.29, 0.717) is 0 Å². The van der Waals surface area contributed by atoms with Crippen LogP contribution >= 0.6 is 31.9 Å². The van der Waals surface area contributed by atoms with Gasteiger partial charge >= 0.3 is 0 Å². The van der Waals surface area contributed by atoms with Crippen LogP contribution in [0.1, 0.15) is 0 Å². The number of anilines is 1. The summed E-state index contributed by atoms with van der Waals surface area (Å²) >= 11 is 6.72. The summed E-state index contributed by atoms with van der Waals surface area (Å²) in [5.41, 5.74) is 3.05. The average molecular weight is 295 g/mol. The normalized spacial score (nSPS) is 10.4. The van der Waals surface area contributed by atoms with Gasteiger partial charge in [-0.25, -0.2) is 9.99 Å². The quantitative estimate of drug-likeness (QED) is 0.850. The Balaban J connectivity index is 2.86. The number of hydrazine groups is 1. The van der Waals surface area contributed by atoms with Crippen LogP contribution in [0.3, 0.4) is 0 Å². The summed E-state index contributed by atoms with van der Waals surface area (Å²) < 4.78 is 1.89. The van der Waals surface area contributed by atoms with E-state index in [1.165, 1.54) is 0 Å². The number of pyridine rings is 1. The average Bonchev–Trinajstić information content (AvgIpc) is 1.94. The lowest BCUT2D eigenvalue weighted by molar-refractivity contribution is 0.492. The Kier molecular flexibility index (Phi) is 3.49. The molecule has 0 spiro atoms. The number of aromatic nitrogens is 1. The lowest BCUT2D eigenvalue weighted by Crippen LogP contribution is -2.20. The summed E-state index contributed by atoms with van der Waals surface area (Å²) in [5, 5.41) is 1.83. The third kappa shape index (κ3) is 2.73. The molecule has 1 rings (SSSR count). The maximum Gasteiger partial charge on any atom is 0.154 e. The molecule has 0 aliphatic rings. The lowest BCUT2D eigenvalue weighted by Gasteiger charge is -2.13. The van der Waals surface area contributed by atoms with Crippen molar-refractivity contribution in [1.82, 2.24) is 9.99 Å². The number of rotatable bonds is 2. The molecule has 0 bridgehead atoms. The highest BCUT2D eigenvalue weighted by atomic mass is 79.9. The Morgan fingerprint density at radius 3 is 2.58 bits per heavy atom. The lowest BCUT2D eigenvalue weighted by atomic mass is 10.5. The zero-order valence-corrected chi connectivity index (χ0v) is 9.98. The third-order valence-electron chi connectivity index (χ3n) is 1.14. The fourth-order valence-electron chi connectivity index (χ4n) is 0.709. The van der Waals surface area contributed by atoms with E-state index < -0.39 is 0 Å². The Labute approximate surface area is 88.4 Å². The molecule has 0 aromatic carbocycles. The van der Waals surface area contributed by atoms with Crippen LogP contribution in [-0.4, -0.2) is 24.1 Å². The van der Waals surface area contributed by atoms with Gasteiger partial charge in [0.1, 0.15) is 0 Å². The standard InChI is InChI=1S/C7H9Br2N3/c1-12(2)11-7-6(9)3-5(8)4-10-7/h3-4H,1-2H3,(H,10,11). The van der Waals surface area contributed by atoms with Gasteiger partial charge in [-0.15, -0.1) is 0 Å². The molecule has 5 heteroatoms. The van der Waals surface area contributed by atoms with Gasteiger partial charge in [0.05, 0.1) is 4.47 Å². The van der Waals surface area contributed by atoms with Crippen LogP contribution in [0.25, 0.3) is 0 Å². The molecule has 0 saturated carbocycles. The van der Waals surface area contributed by atoms with Crippen molar-refractivity contribution >= 4 is 37.7 Å². The monoisotopic (exact) mass is 293 g/mol. The van der Waals surface area contributed by atoms with E-state index in [1.54, 1.807) is 6.20 Å². The molecule has 3 nitrogen and oxygen atoms in total. The van der Waals surface area contributed by atoms with E-state index in [9.17, 15) is 0 Å². The second-order valence-corrected chi connectivity index (χ2v) is 4.26. The first-order valence-corrected chi connectivity index (χ1v) is 4.93. The molecule has 0 amide bonds. The fraction of sp³-hybridized carbons (Fsp3) is 0.286. The molecular weight excluding hydrogens is 286 g/mol. The summed E-state index contributed by atoms with van der Waals surface area (Å²) in [4.78, 5) is 4.17. The fourth-order valence-corrected chi connectivity index (χ4v) is 1.78. The molecule has 0 radical (unpaired) electrons. The topological polar surface area (TPSA) is 28.2 Å². The van der Waals surface area contributed by atoms with Crippen molar-refractivity contribution in [3.63, 3.8) is 0 Å². The molecule has 0 saturated heterocycles. The zero-order valence-electron chi connectivity index (χ0n) is 6.81. The molecule has 1 heterocycles. The minimum absolute atomic E-state index is 0.809. The van der Waals surface area contributed by atoms with E-state index >= 15 is 0 Å². The molecule has 1 aromatic rings. The maximum absolute atomic E-state index is 4.17. The molecule has 1 N–H and O–H groups in total. The van der Waals surface area contributed by atoms with Gasteiger partial charge in [0.25, 0.3) is 0 Å². The predicted octanol–water partition coefficient (Wildman–Crippen LogP) is 2.50. The highest BCUT2D eigenvalue weighted by Crippen LogP contribution is 2.23. The van der Waals surface area contributed by atoms with Crippen LogP contribution in [-0.2, 0) is 0 Å². The van der Waals surface area contributed by atoms with Gasteiger partial charge in [0.2, 0.25) is 0 Å². The van der Waals surface area contributed by atoms with Gasteiger partial charge < -0.3 is 5.43 Å². The summed E-state index contributed by atoms with van der Waals surface area (Å²) in [6, 6.07) is 1.94. The summed E-state index contributed by atoms with van der Waals surface area (Å²) in [6.45, 7) is 0. The summed E-state index contributed by atoms with van der Waals surface area (Å²) in [7, 11) is 3.83. The third-order valence-corrected chi connectivity index (χ3v) is 2.18. The number of hydrogen-bond acceptors (Lipinski definition) is 3. The molecule has 0 aliphatic heterocycles. The van der Waals surface area contributed by atoms with Crippen molar-refractivity contribution in [2.45, 2.75) is 0 Å². The SMILES string of the molecule is CN(C)Nc1ncc(Br)cc1Br. The van der Waals surface area contributed by atoms with E-state index in [1.807, 2.05) is 25.2 Å². The Hall–Kier alpha value is -0.130. The predicted molar refractivity (Wildman–Crippen MR) is 56.9 cm³/mol. The first-order valence-electron chi connectivity index (χ1n) is 3.34. The van der Waals surface area contributed by atoms with Crippen molar-refractivity contribution in [1.29, 1.82) is 0 Å². The first-order chi connectivity index (χ1) is 5.59. The number of nitrogens with zero attached hydrogens (tertiary/aromatic N) is 2. The summed E-state index contributed by atoms with van der Waals surface area (Å²) in [6.07, 6.45) is 1.75. The van der Waals surface area contributed by atoms with Gasteiger partial charge in [0.15, 0.2) is 5.82 Å². The minimum atomic E-state index is 0.809. The molecule has 0 atom stereocenters. The van der Waals surface area contributed by atoms with Gasteiger partial charge in [0, 0.05) is 24.8 Å². The molecular formula is C7H9Br2N3. The second-order valence-electron chi connectivity index (χ2n) is 2.49. The number of hydrogen-bond donors (Lipinski definition) is 1. The van der Waals surface area contributed by atoms with Crippen LogP contribution in [0.15, 0.2) is 21.2 Å². The molecule has 66 valence electrons. The molecule has 0 aliphatic carbocycles. The number of nitrogens with one attached hydrogen (secondary N) is 1. The van der Waals surface area contributed by atoms with Crippen LogP contribution in [0.2, 0.25) is 0 Å². The van der Waals surface area contributed by atoms with E-state index in [2.05, 4.69) is 42.3 Å². The highest BCUT2D eigenvalue weighted by Gasteiger charge is 2.01. The van der Waals surface area contributed by atoms with Crippen molar-refractivity contribution in [2.24, 2.45) is 0 Å². The molecule has 0 fully saturated rings. The first kappa shape index (κ1) is 9.95. The van der Waals surface area contributed by atoms with Gasteiger partial charge in [-0.3, -0.25) is 0 Å². The Morgan fingerprint density at radius 2 is 2.08 bits per heavy atom. The number of halogens is 2. The van der Waals surface area contributed by atoms with Crippen molar-refractivity contribution in [3.05, 3.63) is 21.2 Å². The smallest absolute Gasteiger partial charge is 0.154 e. The Bertz CT molecular complexity index is 275. The van der Waals surface area contributed by atoms with E-state index in [4.69, 9.17) is 0 Å². The van der Waals surface area contributed by atoms with Crippen molar-refractivity contribution in [3.8, 4) is 0 Å². The van der Waals surface area contributed by atoms with Crippen LogP contribution < -0.4 is 5.43 Å². The van der Waals surface area contributed by atoms with E-state index in [0.717, 1.165) is 14.8 Å². The molecule has 0 unspecified atom stereocenters. The van der Waals surface area contributed by atoms with Gasteiger partial charge in [-0.1, -0.05) is 0 Å². The largest absolute Gasteiger partial charge is 0.303 e. The minimum Gasteiger partial charge on any atom is -0.303 e. The Morgan fingerprint density at radius 1 is 1.42 bits per heavy atom. The summed E-state index contributed by atoms with van der Waals surface area (Å²) in [5.74, 6) is 0.809. The van der Waals surface area contributed by atoms with Gasteiger partial charge in [-0.2, -0.15) is 0 Å². The molecule has 12 heavy (non-hydrogen) atoms. The molecule has 1 aromatic heterocycles. The van der Waals surface area contributed by atoms with Crippen LogP contribution in [0, 0.1) is 0 Å². The van der Waals surface area contributed by atoms with Crippen LogP contribution in [0.4, 0.5) is 5.82 Å².